The van der Waals surface area contributed by atoms with Crippen molar-refractivity contribution in [2.24, 2.45) is 0 Å². The molecule has 0 heterocycles. The van der Waals surface area contributed by atoms with Crippen LogP contribution in [0.5, 0.6) is 0 Å². The van der Waals surface area contributed by atoms with Crippen molar-refractivity contribution in [1.82, 2.24) is 0 Å². The number of allylic oxidation sites excluding steroid dienone is 1. The van der Waals surface area contributed by atoms with Gasteiger partial charge in [-0.1, -0.05) is 61.6 Å². The Morgan fingerprint density at radius 1 is 1.24 bits per heavy atom. The van der Waals surface area contributed by atoms with Gasteiger partial charge in [0.05, 0.1) is 4.92 Å². The fraction of sp³-hybridized carbons (Fsp3) is 0.118. The summed E-state index contributed by atoms with van der Waals surface area (Å²) in [4.78, 5) is 11.0. The van der Waals surface area contributed by atoms with Crippen molar-refractivity contribution in [3.05, 3.63) is 81.4 Å². The summed E-state index contributed by atoms with van der Waals surface area (Å²) in [5.74, 6) is 0. The van der Waals surface area contributed by atoms with Gasteiger partial charge in [-0.3, -0.25) is 10.1 Å². The molecule has 0 spiro atoms. The molecule has 2 rings (SSSR count). The minimum atomic E-state index is -0.404. The van der Waals surface area contributed by atoms with Crippen LogP contribution in [0.15, 0.2) is 54.6 Å². The van der Waals surface area contributed by atoms with Crippen LogP contribution in [0, 0.1) is 10.1 Å². The highest BCUT2D eigenvalue weighted by Crippen LogP contribution is 2.15. The van der Waals surface area contributed by atoms with Gasteiger partial charge in [0.1, 0.15) is 0 Å². The van der Waals surface area contributed by atoms with Crippen LogP contribution < -0.4 is 0 Å². The van der Waals surface area contributed by atoms with Crippen molar-refractivity contribution >= 4 is 28.8 Å². The number of nitro benzene ring substituents is 1. The Morgan fingerprint density at radius 2 is 1.95 bits per heavy atom. The van der Waals surface area contributed by atoms with Gasteiger partial charge >= 0.3 is 0 Å². The molecule has 106 valence electrons. The average Bonchev–Trinajstić information content (AvgIpc) is 2.53. The number of benzene rings is 2. The van der Waals surface area contributed by atoms with Gasteiger partial charge in [0.25, 0.3) is 5.69 Å². The second kappa shape index (κ2) is 6.90. The minimum absolute atomic E-state index is 0.0790. The van der Waals surface area contributed by atoms with E-state index in [2.05, 4.69) is 19.1 Å². The summed E-state index contributed by atoms with van der Waals surface area (Å²) in [6, 6.07) is 14.6. The molecule has 21 heavy (non-hydrogen) atoms. The Morgan fingerprint density at radius 3 is 2.57 bits per heavy atom. The SMILES string of the molecule is CCc1ccc(C(=S)C=Cc2cccc([N+](=O)[O-])c2)cc1. The van der Waals surface area contributed by atoms with Crippen LogP contribution in [0.25, 0.3) is 6.08 Å². The van der Waals surface area contributed by atoms with Gasteiger partial charge in [-0.2, -0.15) is 0 Å². The molecule has 0 radical (unpaired) electrons. The minimum Gasteiger partial charge on any atom is -0.258 e. The van der Waals surface area contributed by atoms with Crippen molar-refractivity contribution in [3.8, 4) is 0 Å². The van der Waals surface area contributed by atoms with E-state index < -0.39 is 4.92 Å². The van der Waals surface area contributed by atoms with Crippen LogP contribution in [-0.2, 0) is 6.42 Å². The average molecular weight is 297 g/mol. The largest absolute Gasteiger partial charge is 0.270 e. The smallest absolute Gasteiger partial charge is 0.258 e. The molecule has 0 bridgehead atoms. The van der Waals surface area contributed by atoms with Gasteiger partial charge in [-0.25, -0.2) is 0 Å². The van der Waals surface area contributed by atoms with Crippen LogP contribution in [0.2, 0.25) is 0 Å². The number of rotatable bonds is 5. The Balaban J connectivity index is 2.14. The third-order valence-electron chi connectivity index (χ3n) is 3.15. The first-order chi connectivity index (χ1) is 10.1. The first kappa shape index (κ1) is 15.1. The molecule has 0 unspecified atom stereocenters. The van der Waals surface area contributed by atoms with E-state index in [0.717, 1.165) is 17.5 Å². The molecule has 0 N–H and O–H groups in total. The Bertz CT molecular complexity index is 690. The lowest BCUT2D eigenvalue weighted by molar-refractivity contribution is -0.384. The lowest BCUT2D eigenvalue weighted by atomic mass is 10.1. The molecule has 0 fully saturated rings. The van der Waals surface area contributed by atoms with E-state index in [0.29, 0.717) is 4.86 Å². The normalized spacial score (nSPS) is 10.7. The van der Waals surface area contributed by atoms with Crippen LogP contribution in [-0.4, -0.2) is 9.79 Å². The number of non-ortho nitro benzene ring substituents is 1. The van der Waals surface area contributed by atoms with Crippen LogP contribution >= 0.6 is 12.2 Å². The summed E-state index contributed by atoms with van der Waals surface area (Å²) in [7, 11) is 0. The van der Waals surface area contributed by atoms with Gasteiger partial charge in [0.2, 0.25) is 0 Å². The maximum Gasteiger partial charge on any atom is 0.270 e. The van der Waals surface area contributed by atoms with Gasteiger partial charge in [-0.05, 0) is 29.2 Å². The van der Waals surface area contributed by atoms with E-state index in [1.165, 1.54) is 17.7 Å². The Kier molecular flexibility index (Phi) is 4.95. The predicted molar refractivity (Wildman–Crippen MR) is 89.7 cm³/mol. The standard InChI is InChI=1S/C17H15NO2S/c1-2-13-6-9-15(10-7-13)17(21)11-8-14-4-3-5-16(12-14)18(19)20/h3-12H,2H2,1H3. The first-order valence-corrected chi connectivity index (χ1v) is 7.07. The maximum atomic E-state index is 10.7. The van der Waals surface area contributed by atoms with E-state index in [-0.39, 0.29) is 5.69 Å². The fourth-order valence-corrected chi connectivity index (χ4v) is 2.12. The molecule has 4 heteroatoms. The summed E-state index contributed by atoms with van der Waals surface area (Å²) in [6.45, 7) is 2.11. The number of nitro groups is 1. The van der Waals surface area contributed by atoms with Crippen molar-refractivity contribution < 1.29 is 4.92 Å². The highest BCUT2D eigenvalue weighted by Gasteiger charge is 2.04. The maximum absolute atomic E-state index is 10.7. The first-order valence-electron chi connectivity index (χ1n) is 6.66. The molecule has 0 aliphatic rings. The second-order valence-corrected chi connectivity index (χ2v) is 5.04. The van der Waals surface area contributed by atoms with E-state index in [1.54, 1.807) is 18.2 Å². The summed E-state index contributed by atoms with van der Waals surface area (Å²) in [6.07, 6.45) is 4.59. The van der Waals surface area contributed by atoms with Crippen molar-refractivity contribution in [3.63, 3.8) is 0 Å². The van der Waals surface area contributed by atoms with E-state index >= 15 is 0 Å². The van der Waals surface area contributed by atoms with Crippen molar-refractivity contribution in [2.45, 2.75) is 13.3 Å². The van der Waals surface area contributed by atoms with Crippen molar-refractivity contribution in [2.75, 3.05) is 0 Å². The fourth-order valence-electron chi connectivity index (χ4n) is 1.91. The zero-order valence-electron chi connectivity index (χ0n) is 11.7. The number of nitrogens with zero attached hydrogens (tertiary/aromatic N) is 1. The van der Waals surface area contributed by atoms with Gasteiger partial charge in [0.15, 0.2) is 0 Å². The van der Waals surface area contributed by atoms with E-state index in [4.69, 9.17) is 12.2 Å². The summed E-state index contributed by atoms with van der Waals surface area (Å²) in [5.41, 5.74) is 3.08. The van der Waals surface area contributed by atoms with E-state index in [9.17, 15) is 10.1 Å². The molecule has 0 saturated carbocycles. The zero-order valence-corrected chi connectivity index (χ0v) is 12.5. The van der Waals surface area contributed by atoms with Crippen LogP contribution in [0.3, 0.4) is 0 Å². The van der Waals surface area contributed by atoms with E-state index in [1.807, 2.05) is 18.2 Å². The monoisotopic (exact) mass is 297 g/mol. The lowest BCUT2D eigenvalue weighted by Crippen LogP contribution is -1.93. The van der Waals surface area contributed by atoms with Crippen LogP contribution in [0.4, 0.5) is 5.69 Å². The second-order valence-electron chi connectivity index (χ2n) is 4.60. The molecule has 0 saturated heterocycles. The Labute approximate surface area is 129 Å². The summed E-state index contributed by atoms with van der Waals surface area (Å²) >= 11 is 5.36. The van der Waals surface area contributed by atoms with Crippen molar-refractivity contribution in [1.29, 1.82) is 0 Å². The molecule has 3 nitrogen and oxygen atoms in total. The molecular formula is C17H15NO2S. The quantitative estimate of drug-likeness (QED) is 0.266. The third-order valence-corrected chi connectivity index (χ3v) is 3.53. The number of hydrogen-bond acceptors (Lipinski definition) is 3. The van der Waals surface area contributed by atoms with Gasteiger partial charge in [0, 0.05) is 17.0 Å². The molecule has 2 aromatic carbocycles. The molecule has 2 aromatic rings. The summed E-state index contributed by atoms with van der Waals surface area (Å²) in [5, 5.41) is 10.7. The Hall–Kier alpha value is -2.33. The van der Waals surface area contributed by atoms with Gasteiger partial charge in [-0.15, -0.1) is 0 Å². The topological polar surface area (TPSA) is 43.1 Å². The molecule has 0 aliphatic carbocycles. The highest BCUT2D eigenvalue weighted by atomic mass is 32.1. The third kappa shape index (κ3) is 4.07. The molecule has 0 amide bonds. The summed E-state index contributed by atoms with van der Waals surface area (Å²) < 4.78 is 0. The lowest BCUT2D eigenvalue weighted by Gasteiger charge is -2.01. The molecule has 0 atom stereocenters. The van der Waals surface area contributed by atoms with Crippen LogP contribution in [0.1, 0.15) is 23.6 Å². The number of thiocarbonyl (C=S) groups is 1. The molecule has 0 aromatic heterocycles. The predicted octanol–water partition coefficient (Wildman–Crippen LogP) is 4.59. The molecular weight excluding hydrogens is 282 g/mol. The number of aryl methyl sites for hydroxylation is 1. The highest BCUT2D eigenvalue weighted by molar-refractivity contribution is 7.81. The van der Waals surface area contributed by atoms with Gasteiger partial charge < -0.3 is 0 Å². The number of hydrogen-bond donors (Lipinski definition) is 0. The molecule has 0 aliphatic heterocycles. The zero-order chi connectivity index (χ0) is 15.2.